The Bertz CT molecular complexity index is 354. The molecule has 1 aromatic rings. The van der Waals surface area contributed by atoms with Crippen LogP contribution in [0.3, 0.4) is 0 Å². The van der Waals surface area contributed by atoms with Crippen LogP contribution in [-0.2, 0) is 5.54 Å². The summed E-state index contributed by atoms with van der Waals surface area (Å²) < 4.78 is 2.15. The minimum atomic E-state index is 0.0877. The highest BCUT2D eigenvalue weighted by molar-refractivity contribution is 5.23. The molecule has 0 aromatic carbocycles. The van der Waals surface area contributed by atoms with Crippen molar-refractivity contribution in [2.24, 2.45) is 0 Å². The number of nitrogens with zero attached hydrogens (tertiary/aromatic N) is 2. The Balaban J connectivity index is 2.25. The molecule has 2 heterocycles. The average Bonchev–Trinajstić information content (AvgIpc) is 2.61. The molecule has 1 fully saturated rings. The van der Waals surface area contributed by atoms with E-state index in [2.05, 4.69) is 49.0 Å². The fraction of sp³-hybridized carbons (Fsp3) is 0.769. The van der Waals surface area contributed by atoms with Gasteiger partial charge in [-0.25, -0.2) is 0 Å². The zero-order valence-corrected chi connectivity index (χ0v) is 10.9. The Morgan fingerprint density at radius 3 is 2.69 bits per heavy atom. The van der Waals surface area contributed by atoms with E-state index in [1.54, 1.807) is 0 Å². The fourth-order valence-corrected chi connectivity index (χ4v) is 2.62. The van der Waals surface area contributed by atoms with Crippen LogP contribution >= 0.6 is 0 Å². The van der Waals surface area contributed by atoms with Gasteiger partial charge in [0.2, 0.25) is 0 Å². The van der Waals surface area contributed by atoms with Gasteiger partial charge in [0.15, 0.2) is 0 Å². The molecule has 1 unspecified atom stereocenters. The first-order chi connectivity index (χ1) is 7.50. The minimum absolute atomic E-state index is 0.0877. The molecule has 3 heteroatoms. The first-order valence-electron chi connectivity index (χ1n) is 6.26. The first kappa shape index (κ1) is 11.6. The summed E-state index contributed by atoms with van der Waals surface area (Å²) >= 11 is 0. The Morgan fingerprint density at radius 1 is 1.44 bits per heavy atom. The largest absolute Gasteiger partial charge is 0.316 e. The second-order valence-electron chi connectivity index (χ2n) is 5.81. The van der Waals surface area contributed by atoms with Crippen LogP contribution in [0, 0.1) is 6.92 Å². The first-order valence-corrected chi connectivity index (χ1v) is 6.26. The molecule has 1 aliphatic heterocycles. The molecule has 0 aliphatic carbocycles. The minimum Gasteiger partial charge on any atom is -0.316 e. The van der Waals surface area contributed by atoms with Crippen LogP contribution in [0.25, 0.3) is 0 Å². The molecular formula is C13H23N3. The van der Waals surface area contributed by atoms with Crippen molar-refractivity contribution in [2.45, 2.75) is 52.0 Å². The van der Waals surface area contributed by atoms with Gasteiger partial charge < -0.3 is 5.32 Å². The summed E-state index contributed by atoms with van der Waals surface area (Å²) in [6.45, 7) is 11.1. The van der Waals surface area contributed by atoms with Crippen LogP contribution in [-0.4, -0.2) is 22.9 Å². The zero-order chi connectivity index (χ0) is 11.8. The van der Waals surface area contributed by atoms with Gasteiger partial charge in [0.05, 0.1) is 11.7 Å². The Hall–Kier alpha value is -0.830. The van der Waals surface area contributed by atoms with Crippen LogP contribution in [0.15, 0.2) is 6.20 Å². The average molecular weight is 221 g/mol. The maximum absolute atomic E-state index is 4.55. The molecule has 16 heavy (non-hydrogen) atoms. The lowest BCUT2D eigenvalue weighted by Gasteiger charge is -2.25. The molecular weight excluding hydrogens is 198 g/mol. The monoisotopic (exact) mass is 221 g/mol. The lowest BCUT2D eigenvalue weighted by molar-refractivity contribution is 0.346. The second kappa shape index (κ2) is 4.21. The number of rotatable bonds is 1. The van der Waals surface area contributed by atoms with Crippen LogP contribution in [0.1, 0.15) is 50.8 Å². The van der Waals surface area contributed by atoms with Gasteiger partial charge >= 0.3 is 0 Å². The second-order valence-corrected chi connectivity index (χ2v) is 5.81. The van der Waals surface area contributed by atoms with Crippen molar-refractivity contribution in [1.29, 1.82) is 0 Å². The van der Waals surface area contributed by atoms with Gasteiger partial charge in [-0.2, -0.15) is 5.10 Å². The van der Waals surface area contributed by atoms with E-state index in [9.17, 15) is 0 Å². The van der Waals surface area contributed by atoms with Crippen molar-refractivity contribution in [3.05, 3.63) is 17.5 Å². The third kappa shape index (κ3) is 2.14. The molecule has 1 atom stereocenters. The van der Waals surface area contributed by atoms with E-state index >= 15 is 0 Å². The summed E-state index contributed by atoms with van der Waals surface area (Å²) in [6.07, 6.45) is 4.65. The van der Waals surface area contributed by atoms with Gasteiger partial charge in [-0.1, -0.05) is 0 Å². The summed E-state index contributed by atoms with van der Waals surface area (Å²) in [5.41, 5.74) is 2.85. The molecule has 0 saturated carbocycles. The zero-order valence-electron chi connectivity index (χ0n) is 10.9. The van der Waals surface area contributed by atoms with Crippen LogP contribution < -0.4 is 5.32 Å². The molecule has 90 valence electrons. The molecule has 0 bridgehead atoms. The van der Waals surface area contributed by atoms with Crippen molar-refractivity contribution >= 4 is 0 Å². The molecule has 3 nitrogen and oxygen atoms in total. The Morgan fingerprint density at radius 2 is 2.19 bits per heavy atom. The van der Waals surface area contributed by atoms with Gasteiger partial charge in [0, 0.05) is 12.2 Å². The summed E-state index contributed by atoms with van der Waals surface area (Å²) in [6, 6.07) is 0. The summed E-state index contributed by atoms with van der Waals surface area (Å²) in [7, 11) is 0. The van der Waals surface area contributed by atoms with E-state index < -0.39 is 0 Å². The number of nitrogens with one attached hydrogen (secondary N) is 1. The Labute approximate surface area is 98.2 Å². The van der Waals surface area contributed by atoms with Gasteiger partial charge in [-0.3, -0.25) is 4.68 Å². The standard InChI is InChI=1S/C13H23N3/c1-10-12(11-6-5-7-14-8-11)9-15-16(10)13(2,3)4/h9,11,14H,5-8H2,1-4H3. The number of piperidine rings is 1. The van der Waals surface area contributed by atoms with Gasteiger partial charge in [0.25, 0.3) is 0 Å². The number of hydrogen-bond donors (Lipinski definition) is 1. The molecule has 1 saturated heterocycles. The highest BCUT2D eigenvalue weighted by atomic mass is 15.3. The topological polar surface area (TPSA) is 29.9 Å². The molecule has 0 radical (unpaired) electrons. The molecule has 1 N–H and O–H groups in total. The van der Waals surface area contributed by atoms with Gasteiger partial charge in [0.1, 0.15) is 0 Å². The quantitative estimate of drug-likeness (QED) is 0.789. The maximum Gasteiger partial charge on any atom is 0.0546 e. The summed E-state index contributed by atoms with van der Waals surface area (Å²) in [4.78, 5) is 0. The van der Waals surface area contributed by atoms with Gasteiger partial charge in [-0.05, 0) is 58.6 Å². The molecule has 1 aromatic heterocycles. The van der Waals surface area contributed by atoms with Crippen molar-refractivity contribution in [3.63, 3.8) is 0 Å². The molecule has 1 aliphatic rings. The summed E-state index contributed by atoms with van der Waals surface area (Å²) in [5.74, 6) is 0.657. The van der Waals surface area contributed by atoms with Crippen molar-refractivity contribution in [1.82, 2.24) is 15.1 Å². The Kier molecular flexibility index (Phi) is 3.06. The highest BCUT2D eigenvalue weighted by Crippen LogP contribution is 2.28. The summed E-state index contributed by atoms with van der Waals surface area (Å²) in [5, 5.41) is 8.02. The molecule has 0 amide bonds. The number of aromatic nitrogens is 2. The number of hydrogen-bond acceptors (Lipinski definition) is 2. The van der Waals surface area contributed by atoms with Crippen LogP contribution in [0.2, 0.25) is 0 Å². The van der Waals surface area contributed by atoms with Crippen LogP contribution in [0.5, 0.6) is 0 Å². The smallest absolute Gasteiger partial charge is 0.0546 e. The van der Waals surface area contributed by atoms with Crippen LogP contribution in [0.4, 0.5) is 0 Å². The van der Waals surface area contributed by atoms with E-state index in [0.717, 1.165) is 6.54 Å². The predicted octanol–water partition coefficient (Wildman–Crippen LogP) is 2.41. The lowest BCUT2D eigenvalue weighted by Crippen LogP contribution is -2.29. The van der Waals surface area contributed by atoms with Gasteiger partial charge in [-0.15, -0.1) is 0 Å². The SMILES string of the molecule is Cc1c(C2CCCNC2)cnn1C(C)(C)C. The van der Waals surface area contributed by atoms with E-state index in [-0.39, 0.29) is 5.54 Å². The van der Waals surface area contributed by atoms with Crippen molar-refractivity contribution in [2.75, 3.05) is 13.1 Å². The third-order valence-corrected chi connectivity index (χ3v) is 3.42. The normalized spacial score (nSPS) is 22.4. The highest BCUT2D eigenvalue weighted by Gasteiger charge is 2.23. The van der Waals surface area contributed by atoms with Crippen molar-refractivity contribution in [3.8, 4) is 0 Å². The molecule has 2 rings (SSSR count). The maximum atomic E-state index is 4.55. The van der Waals surface area contributed by atoms with E-state index in [1.165, 1.54) is 30.6 Å². The van der Waals surface area contributed by atoms with E-state index in [1.807, 2.05) is 0 Å². The van der Waals surface area contributed by atoms with E-state index in [4.69, 9.17) is 0 Å². The lowest BCUT2D eigenvalue weighted by atomic mass is 9.92. The predicted molar refractivity (Wildman–Crippen MR) is 66.8 cm³/mol. The fourth-order valence-electron chi connectivity index (χ4n) is 2.62. The van der Waals surface area contributed by atoms with Crippen molar-refractivity contribution < 1.29 is 0 Å². The molecule has 0 spiro atoms. The third-order valence-electron chi connectivity index (χ3n) is 3.42. The van der Waals surface area contributed by atoms with E-state index in [0.29, 0.717) is 5.92 Å².